The summed E-state index contributed by atoms with van der Waals surface area (Å²) in [5.74, 6) is 0.225. The molecule has 17 heavy (non-hydrogen) atoms. The van der Waals surface area contributed by atoms with Crippen LogP contribution in [0.4, 0.5) is 0 Å². The third-order valence-corrected chi connectivity index (χ3v) is 3.38. The molecule has 0 aromatic carbocycles. The molecule has 0 spiro atoms. The van der Waals surface area contributed by atoms with Crippen molar-refractivity contribution in [2.24, 2.45) is 0 Å². The highest BCUT2D eigenvalue weighted by Gasteiger charge is 2.09. The molecule has 96 valence electrons. The Morgan fingerprint density at radius 1 is 1.35 bits per heavy atom. The zero-order valence-electron chi connectivity index (χ0n) is 10.3. The van der Waals surface area contributed by atoms with Crippen molar-refractivity contribution in [1.29, 1.82) is 0 Å². The molecule has 0 unspecified atom stereocenters. The number of rotatable bonds is 6. The Labute approximate surface area is 106 Å². The highest BCUT2D eigenvalue weighted by molar-refractivity contribution is 8.13. The molecule has 1 aromatic rings. The number of carbonyl (C=O) groups excluding carboxylic acids is 1. The number of aryl methyl sites for hydroxylation is 1. The van der Waals surface area contributed by atoms with Gasteiger partial charge in [0.05, 0.1) is 0 Å². The smallest absolute Gasteiger partial charge is 0.196 e. The van der Waals surface area contributed by atoms with Gasteiger partial charge >= 0.3 is 0 Å². The molecular formula is C12H19NO3S. The summed E-state index contributed by atoms with van der Waals surface area (Å²) in [6.45, 7) is 2.33. The zero-order chi connectivity index (χ0) is 12.8. The standard InChI is InChI=1S/C12H19NO3S/c1-9-8-10(14)13(12(9)16)7-5-3-4-6-11(15)17-2/h8,14,16H,3-7H2,1-2H3. The predicted octanol–water partition coefficient (Wildman–Crippen LogP) is 2.66. The average molecular weight is 257 g/mol. The second-order valence-corrected chi connectivity index (χ2v) is 4.91. The fraction of sp³-hybridized carbons (Fsp3) is 0.583. The van der Waals surface area contributed by atoms with Crippen LogP contribution in [0.2, 0.25) is 0 Å². The summed E-state index contributed by atoms with van der Waals surface area (Å²) < 4.78 is 1.49. The van der Waals surface area contributed by atoms with E-state index in [1.165, 1.54) is 16.3 Å². The Balaban J connectivity index is 2.29. The summed E-state index contributed by atoms with van der Waals surface area (Å²) in [5.41, 5.74) is 0.681. The first-order valence-electron chi connectivity index (χ1n) is 5.71. The third kappa shape index (κ3) is 4.00. The van der Waals surface area contributed by atoms with Crippen molar-refractivity contribution < 1.29 is 15.0 Å². The SMILES string of the molecule is CSC(=O)CCCCCn1c(O)cc(C)c1O. The summed E-state index contributed by atoms with van der Waals surface area (Å²) >= 11 is 1.26. The van der Waals surface area contributed by atoms with Crippen molar-refractivity contribution in [1.82, 2.24) is 4.57 Å². The van der Waals surface area contributed by atoms with Crippen LogP contribution in [0.1, 0.15) is 31.2 Å². The van der Waals surface area contributed by atoms with Gasteiger partial charge in [-0.15, -0.1) is 0 Å². The van der Waals surface area contributed by atoms with Crippen molar-refractivity contribution in [3.63, 3.8) is 0 Å². The fourth-order valence-electron chi connectivity index (χ4n) is 1.70. The average Bonchev–Trinajstić information content (AvgIpc) is 2.54. The minimum absolute atomic E-state index is 0.0974. The van der Waals surface area contributed by atoms with Crippen LogP contribution in [-0.4, -0.2) is 26.2 Å². The summed E-state index contributed by atoms with van der Waals surface area (Å²) in [7, 11) is 0. The van der Waals surface area contributed by atoms with E-state index < -0.39 is 0 Å². The number of carbonyl (C=O) groups is 1. The van der Waals surface area contributed by atoms with Gasteiger partial charge in [0.25, 0.3) is 0 Å². The highest BCUT2D eigenvalue weighted by Crippen LogP contribution is 2.27. The monoisotopic (exact) mass is 257 g/mol. The number of unbranched alkanes of at least 4 members (excludes halogenated alkanes) is 2. The predicted molar refractivity (Wildman–Crippen MR) is 69.5 cm³/mol. The number of hydrogen-bond acceptors (Lipinski definition) is 4. The maximum absolute atomic E-state index is 11.0. The molecule has 0 bridgehead atoms. The van der Waals surface area contributed by atoms with Crippen LogP contribution in [0, 0.1) is 6.92 Å². The van der Waals surface area contributed by atoms with Gasteiger partial charge in [0.1, 0.15) is 0 Å². The van der Waals surface area contributed by atoms with Crippen molar-refractivity contribution >= 4 is 16.9 Å². The van der Waals surface area contributed by atoms with Gasteiger partial charge in [-0.05, 0) is 26.0 Å². The molecule has 1 rings (SSSR count). The minimum Gasteiger partial charge on any atom is -0.494 e. The van der Waals surface area contributed by atoms with E-state index in [9.17, 15) is 15.0 Å². The fourth-order valence-corrected chi connectivity index (χ4v) is 2.04. The van der Waals surface area contributed by atoms with Crippen LogP contribution >= 0.6 is 11.8 Å². The first kappa shape index (κ1) is 14.0. The van der Waals surface area contributed by atoms with E-state index in [0.717, 1.165) is 19.3 Å². The first-order valence-corrected chi connectivity index (χ1v) is 6.93. The van der Waals surface area contributed by atoms with E-state index in [4.69, 9.17) is 0 Å². The first-order chi connectivity index (χ1) is 8.06. The lowest BCUT2D eigenvalue weighted by Gasteiger charge is -2.06. The van der Waals surface area contributed by atoms with Crippen LogP contribution in [0.5, 0.6) is 11.8 Å². The number of aromatic nitrogens is 1. The zero-order valence-corrected chi connectivity index (χ0v) is 11.1. The van der Waals surface area contributed by atoms with Gasteiger partial charge in [0.2, 0.25) is 0 Å². The molecule has 0 saturated carbocycles. The lowest BCUT2D eigenvalue weighted by molar-refractivity contribution is -0.111. The van der Waals surface area contributed by atoms with E-state index >= 15 is 0 Å². The normalized spacial score (nSPS) is 10.7. The van der Waals surface area contributed by atoms with Crippen molar-refractivity contribution in [3.8, 4) is 11.8 Å². The lowest BCUT2D eigenvalue weighted by atomic mass is 10.2. The van der Waals surface area contributed by atoms with E-state index in [2.05, 4.69) is 0 Å². The van der Waals surface area contributed by atoms with E-state index in [1.54, 1.807) is 19.2 Å². The van der Waals surface area contributed by atoms with Gasteiger partial charge in [0.15, 0.2) is 16.9 Å². The van der Waals surface area contributed by atoms with Gasteiger partial charge in [-0.1, -0.05) is 18.2 Å². The molecular weight excluding hydrogens is 238 g/mol. The van der Waals surface area contributed by atoms with E-state index in [1.807, 2.05) is 0 Å². The number of aromatic hydroxyl groups is 2. The quantitative estimate of drug-likeness (QED) is 0.769. The Kier molecular flexibility index (Phi) is 5.41. The van der Waals surface area contributed by atoms with Crippen LogP contribution in [0.15, 0.2) is 6.07 Å². The van der Waals surface area contributed by atoms with Gasteiger partial charge in [-0.2, -0.15) is 0 Å². The maximum atomic E-state index is 11.0. The molecule has 0 aliphatic carbocycles. The minimum atomic E-state index is 0.0974. The second-order valence-electron chi connectivity index (χ2n) is 4.05. The van der Waals surface area contributed by atoms with Crippen molar-refractivity contribution in [3.05, 3.63) is 11.6 Å². The molecule has 0 fully saturated rings. The van der Waals surface area contributed by atoms with Gasteiger partial charge in [-0.3, -0.25) is 9.36 Å². The molecule has 4 nitrogen and oxygen atoms in total. The molecule has 0 amide bonds. The highest BCUT2D eigenvalue weighted by atomic mass is 32.2. The Hall–Kier alpha value is -1.10. The lowest BCUT2D eigenvalue weighted by Crippen LogP contribution is -1.97. The summed E-state index contributed by atoms with van der Waals surface area (Å²) in [6, 6.07) is 1.55. The number of thioether (sulfide) groups is 1. The second kappa shape index (κ2) is 6.59. The molecule has 0 atom stereocenters. The maximum Gasteiger partial charge on any atom is 0.196 e. The summed E-state index contributed by atoms with van der Waals surface area (Å²) in [4.78, 5) is 11.0. The van der Waals surface area contributed by atoms with Crippen LogP contribution in [0.3, 0.4) is 0 Å². The van der Waals surface area contributed by atoms with E-state index in [0.29, 0.717) is 18.5 Å². The van der Waals surface area contributed by atoms with Crippen molar-refractivity contribution in [2.75, 3.05) is 6.26 Å². The molecule has 1 aromatic heterocycles. The molecule has 5 heteroatoms. The number of nitrogens with zero attached hydrogens (tertiary/aromatic N) is 1. The van der Waals surface area contributed by atoms with Crippen LogP contribution in [0.25, 0.3) is 0 Å². The van der Waals surface area contributed by atoms with Crippen LogP contribution in [-0.2, 0) is 11.3 Å². The Morgan fingerprint density at radius 2 is 2.06 bits per heavy atom. The molecule has 0 aliphatic heterocycles. The third-order valence-electron chi connectivity index (χ3n) is 2.72. The number of hydrogen-bond donors (Lipinski definition) is 2. The molecule has 0 saturated heterocycles. The van der Waals surface area contributed by atoms with Crippen molar-refractivity contribution in [2.45, 2.75) is 39.2 Å². The Bertz CT molecular complexity index is 387. The van der Waals surface area contributed by atoms with E-state index in [-0.39, 0.29) is 16.9 Å². The summed E-state index contributed by atoms with van der Waals surface area (Å²) in [6.07, 6.45) is 5.02. The largest absolute Gasteiger partial charge is 0.494 e. The molecule has 2 N–H and O–H groups in total. The Morgan fingerprint density at radius 3 is 2.59 bits per heavy atom. The topological polar surface area (TPSA) is 62.5 Å². The van der Waals surface area contributed by atoms with Crippen LogP contribution < -0.4 is 0 Å². The molecule has 0 aliphatic rings. The van der Waals surface area contributed by atoms with Gasteiger partial charge in [-0.25, -0.2) is 0 Å². The molecule has 0 radical (unpaired) electrons. The summed E-state index contributed by atoms with van der Waals surface area (Å²) in [5, 5.41) is 19.4. The molecule has 1 heterocycles. The van der Waals surface area contributed by atoms with Gasteiger partial charge < -0.3 is 10.2 Å². The van der Waals surface area contributed by atoms with Gasteiger partial charge in [0, 0.05) is 24.6 Å².